The summed E-state index contributed by atoms with van der Waals surface area (Å²) >= 11 is 2.37. The maximum absolute atomic E-state index is 12.5. The van der Waals surface area contributed by atoms with E-state index in [1.165, 1.54) is 11.8 Å². The number of hydrogen-bond acceptors (Lipinski definition) is 6. The van der Waals surface area contributed by atoms with Crippen molar-refractivity contribution in [3.63, 3.8) is 0 Å². The summed E-state index contributed by atoms with van der Waals surface area (Å²) in [5.41, 5.74) is 0.686. The summed E-state index contributed by atoms with van der Waals surface area (Å²) in [5.74, 6) is -0.685. The Hall–Kier alpha value is -2.90. The van der Waals surface area contributed by atoms with Crippen molar-refractivity contribution in [2.24, 2.45) is 4.99 Å². The molecule has 5 nitrogen and oxygen atoms in total. The van der Waals surface area contributed by atoms with E-state index < -0.39 is 5.63 Å². The quantitative estimate of drug-likeness (QED) is 0.363. The van der Waals surface area contributed by atoms with E-state index in [1.807, 2.05) is 30.3 Å². The lowest BCUT2D eigenvalue weighted by Crippen LogP contribution is -2.16. The van der Waals surface area contributed by atoms with E-state index in [4.69, 9.17) is 4.42 Å². The molecule has 138 valence electrons. The number of aliphatic imine (C=N–C) groups is 1. The predicted octanol–water partition coefficient (Wildman–Crippen LogP) is 4.38. The second-order valence-electron chi connectivity index (χ2n) is 5.90. The molecule has 1 aromatic heterocycles. The lowest BCUT2D eigenvalue weighted by atomic mass is 10.1. The van der Waals surface area contributed by atoms with Gasteiger partial charge in [0, 0.05) is 5.39 Å². The average Bonchev–Trinajstić information content (AvgIpc) is 3.05. The minimum Gasteiger partial charge on any atom is -0.422 e. The fourth-order valence-corrected chi connectivity index (χ4v) is 4.50. The van der Waals surface area contributed by atoms with Crippen LogP contribution in [0.25, 0.3) is 17.0 Å². The van der Waals surface area contributed by atoms with Crippen LogP contribution in [0.2, 0.25) is 0 Å². The molecule has 1 aliphatic rings. The number of para-hydroxylation sites is 1. The van der Waals surface area contributed by atoms with Crippen LogP contribution in [-0.4, -0.2) is 21.8 Å². The molecule has 4 rings (SSSR count). The van der Waals surface area contributed by atoms with Crippen molar-refractivity contribution in [2.45, 2.75) is 0 Å². The maximum atomic E-state index is 12.5. The molecule has 0 aliphatic carbocycles. The number of hydrogen-bond donors (Lipinski definition) is 0. The molecule has 0 N–H and O–H groups in total. The number of rotatable bonds is 4. The van der Waals surface area contributed by atoms with E-state index in [1.54, 1.807) is 36.4 Å². The molecule has 3 aromatic rings. The fourth-order valence-electron chi connectivity index (χ4n) is 2.61. The number of carbonyl (C=O) groups excluding carboxylic acids is 2. The highest BCUT2D eigenvalue weighted by Gasteiger charge is 2.23. The molecular weight excluding hydrogens is 394 g/mol. The van der Waals surface area contributed by atoms with Gasteiger partial charge in [-0.25, -0.2) is 4.79 Å². The van der Waals surface area contributed by atoms with Crippen molar-refractivity contribution in [2.75, 3.05) is 5.75 Å². The SMILES string of the molecule is O=C1N=C(SCC(=O)c2cc3ccccc3oc2=O)S/C1=C/c1ccccc1. The first kappa shape index (κ1) is 18.5. The Bertz CT molecular complexity index is 1200. The number of benzene rings is 2. The van der Waals surface area contributed by atoms with E-state index in [-0.39, 0.29) is 23.0 Å². The van der Waals surface area contributed by atoms with E-state index in [2.05, 4.69) is 4.99 Å². The minimum atomic E-state index is -0.661. The van der Waals surface area contributed by atoms with Crippen LogP contribution >= 0.6 is 23.5 Å². The summed E-state index contributed by atoms with van der Waals surface area (Å²) in [6, 6.07) is 18.0. The zero-order valence-corrected chi connectivity index (χ0v) is 16.1. The zero-order chi connectivity index (χ0) is 19.5. The van der Waals surface area contributed by atoms with Gasteiger partial charge in [0.1, 0.15) is 15.5 Å². The van der Waals surface area contributed by atoms with Crippen LogP contribution in [0.4, 0.5) is 0 Å². The van der Waals surface area contributed by atoms with Gasteiger partial charge < -0.3 is 4.42 Å². The smallest absolute Gasteiger partial charge is 0.347 e. The third-order valence-electron chi connectivity index (χ3n) is 3.97. The maximum Gasteiger partial charge on any atom is 0.347 e. The van der Waals surface area contributed by atoms with Gasteiger partial charge in [-0.2, -0.15) is 4.99 Å². The topological polar surface area (TPSA) is 76.7 Å². The molecule has 0 unspecified atom stereocenters. The molecule has 1 amide bonds. The Labute approximate surface area is 168 Å². The van der Waals surface area contributed by atoms with E-state index in [9.17, 15) is 14.4 Å². The molecule has 7 heteroatoms. The van der Waals surface area contributed by atoms with Gasteiger partial charge >= 0.3 is 5.63 Å². The van der Waals surface area contributed by atoms with Gasteiger partial charge in [0.25, 0.3) is 5.91 Å². The molecule has 0 spiro atoms. The standard InChI is InChI=1S/C21H13NO4S2/c23-16(15-11-14-8-4-5-9-17(14)26-20(15)25)12-27-21-22-19(24)18(28-21)10-13-6-2-1-3-7-13/h1-11H,12H2/b18-10+. The van der Waals surface area contributed by atoms with Crippen LogP contribution in [0.1, 0.15) is 15.9 Å². The number of carbonyl (C=O) groups is 2. The molecule has 0 saturated heterocycles. The lowest BCUT2D eigenvalue weighted by molar-refractivity contribution is -0.113. The predicted molar refractivity (Wildman–Crippen MR) is 114 cm³/mol. The molecule has 1 aliphatic heterocycles. The van der Waals surface area contributed by atoms with Crippen LogP contribution in [0.3, 0.4) is 0 Å². The highest BCUT2D eigenvalue weighted by atomic mass is 32.2. The Balaban J connectivity index is 1.45. The summed E-state index contributed by atoms with van der Waals surface area (Å²) in [4.78, 5) is 41.1. The van der Waals surface area contributed by atoms with Gasteiger partial charge in [-0.05, 0) is 23.8 Å². The highest BCUT2D eigenvalue weighted by Crippen LogP contribution is 2.33. The van der Waals surface area contributed by atoms with E-state index in [0.717, 1.165) is 17.3 Å². The Kier molecular flexibility index (Phi) is 5.27. The molecule has 2 aromatic carbocycles. The second-order valence-corrected chi connectivity index (χ2v) is 8.15. The number of amides is 1. The van der Waals surface area contributed by atoms with Gasteiger partial charge in [-0.15, -0.1) is 0 Å². The van der Waals surface area contributed by atoms with Crippen molar-refractivity contribution >= 4 is 56.6 Å². The van der Waals surface area contributed by atoms with Crippen molar-refractivity contribution < 1.29 is 14.0 Å². The summed E-state index contributed by atoms with van der Waals surface area (Å²) in [6.07, 6.45) is 1.77. The number of ketones is 1. The Morgan fingerprint density at radius 2 is 1.82 bits per heavy atom. The van der Waals surface area contributed by atoms with Crippen molar-refractivity contribution in [3.8, 4) is 0 Å². The van der Waals surface area contributed by atoms with Crippen LogP contribution in [0.15, 0.2) is 79.8 Å². The van der Waals surface area contributed by atoms with Crippen LogP contribution < -0.4 is 5.63 Å². The van der Waals surface area contributed by atoms with Crippen LogP contribution in [0.5, 0.6) is 0 Å². The van der Waals surface area contributed by atoms with Gasteiger partial charge in [0.15, 0.2) is 5.78 Å². The molecule has 0 bridgehead atoms. The summed E-state index contributed by atoms with van der Waals surface area (Å²) in [7, 11) is 0. The summed E-state index contributed by atoms with van der Waals surface area (Å²) in [6.45, 7) is 0. The molecule has 0 atom stereocenters. The summed E-state index contributed by atoms with van der Waals surface area (Å²) < 4.78 is 5.69. The first-order chi connectivity index (χ1) is 13.6. The number of fused-ring (bicyclic) bond motifs is 1. The van der Waals surface area contributed by atoms with E-state index >= 15 is 0 Å². The third kappa shape index (κ3) is 4.00. The minimum absolute atomic E-state index is 0.000824. The first-order valence-corrected chi connectivity index (χ1v) is 10.2. The molecule has 0 radical (unpaired) electrons. The number of nitrogens with zero attached hydrogens (tertiary/aromatic N) is 1. The Morgan fingerprint density at radius 1 is 1.07 bits per heavy atom. The third-order valence-corrected chi connectivity index (χ3v) is 6.09. The average molecular weight is 407 g/mol. The summed E-state index contributed by atoms with van der Waals surface area (Å²) in [5, 5.41) is 0.686. The molecule has 2 heterocycles. The lowest BCUT2D eigenvalue weighted by Gasteiger charge is -2.02. The number of thioether (sulfide) groups is 2. The zero-order valence-electron chi connectivity index (χ0n) is 14.5. The highest BCUT2D eigenvalue weighted by molar-refractivity contribution is 8.41. The normalized spacial score (nSPS) is 15.2. The van der Waals surface area contributed by atoms with Crippen molar-refractivity contribution in [1.29, 1.82) is 0 Å². The fraction of sp³-hybridized carbons (Fsp3) is 0.0476. The largest absolute Gasteiger partial charge is 0.422 e. The molecule has 0 fully saturated rings. The molecule has 0 saturated carbocycles. The molecule has 28 heavy (non-hydrogen) atoms. The first-order valence-electron chi connectivity index (χ1n) is 8.37. The van der Waals surface area contributed by atoms with Gasteiger partial charge in [-0.1, -0.05) is 72.1 Å². The van der Waals surface area contributed by atoms with Crippen LogP contribution in [0, 0.1) is 0 Å². The van der Waals surface area contributed by atoms with Gasteiger partial charge in [0.05, 0.1) is 10.7 Å². The molecular formula is C21H13NO4S2. The van der Waals surface area contributed by atoms with Crippen molar-refractivity contribution in [1.82, 2.24) is 0 Å². The van der Waals surface area contributed by atoms with Gasteiger partial charge in [-0.3, -0.25) is 9.59 Å². The van der Waals surface area contributed by atoms with Gasteiger partial charge in [0.2, 0.25) is 0 Å². The van der Waals surface area contributed by atoms with Crippen molar-refractivity contribution in [3.05, 3.63) is 87.1 Å². The number of Topliss-reactive ketones (excluding diaryl/α,β-unsaturated/α-hetero) is 1. The van der Waals surface area contributed by atoms with E-state index in [0.29, 0.717) is 20.3 Å². The monoisotopic (exact) mass is 407 g/mol. The Morgan fingerprint density at radius 3 is 2.64 bits per heavy atom. The second kappa shape index (κ2) is 8.00. The van der Waals surface area contributed by atoms with Crippen LogP contribution in [-0.2, 0) is 4.79 Å².